The number of aromatic nitrogens is 1. The summed E-state index contributed by atoms with van der Waals surface area (Å²) in [7, 11) is 1.97. The molecular weight excluding hydrogens is 215 g/mol. The van der Waals surface area contributed by atoms with Gasteiger partial charge in [-0.05, 0) is 49.3 Å². The number of nitrogens with one attached hydrogen (secondary N) is 1. The highest BCUT2D eigenvalue weighted by Gasteiger charge is 2.54. The van der Waals surface area contributed by atoms with E-state index in [1.54, 1.807) is 12.3 Å². The minimum absolute atomic E-state index is 0.230. The monoisotopic (exact) mass is 234 g/mol. The van der Waals surface area contributed by atoms with Gasteiger partial charge < -0.3 is 5.32 Å². The van der Waals surface area contributed by atoms with Crippen molar-refractivity contribution in [1.82, 2.24) is 10.3 Å². The molecule has 1 aromatic rings. The Labute approximate surface area is 102 Å². The van der Waals surface area contributed by atoms with Gasteiger partial charge in [0.2, 0.25) is 0 Å². The molecule has 0 saturated heterocycles. The van der Waals surface area contributed by atoms with E-state index < -0.39 is 0 Å². The van der Waals surface area contributed by atoms with Crippen LogP contribution in [0, 0.1) is 23.6 Å². The molecule has 2 nitrogen and oxygen atoms in total. The highest BCUT2D eigenvalue weighted by Crippen LogP contribution is 2.60. The van der Waals surface area contributed by atoms with Crippen LogP contribution in [-0.2, 0) is 0 Å². The summed E-state index contributed by atoms with van der Waals surface area (Å²) in [5, 5.41) is 3.36. The van der Waals surface area contributed by atoms with Crippen molar-refractivity contribution < 1.29 is 4.39 Å². The predicted octanol–water partition coefficient (Wildman–Crippen LogP) is 2.92. The van der Waals surface area contributed by atoms with Gasteiger partial charge in [-0.25, -0.2) is 4.39 Å². The second kappa shape index (κ2) is 4.37. The van der Waals surface area contributed by atoms with Crippen LogP contribution in [0.15, 0.2) is 18.5 Å². The molecule has 0 amide bonds. The Morgan fingerprint density at radius 2 is 2.00 bits per heavy atom. The molecule has 0 aromatic carbocycles. The van der Waals surface area contributed by atoms with Gasteiger partial charge in [0.1, 0.15) is 5.82 Å². The number of hydrogen-bond donors (Lipinski definition) is 1. The maximum atomic E-state index is 13.2. The first-order chi connectivity index (χ1) is 8.31. The lowest BCUT2D eigenvalue weighted by Gasteiger charge is -2.16. The Hall–Kier alpha value is -0.960. The fourth-order valence-electron chi connectivity index (χ4n) is 3.72. The van der Waals surface area contributed by atoms with Gasteiger partial charge in [0.25, 0.3) is 0 Å². The molecule has 3 heteroatoms. The van der Waals surface area contributed by atoms with Crippen LogP contribution in [0.4, 0.5) is 4.39 Å². The quantitative estimate of drug-likeness (QED) is 0.869. The van der Waals surface area contributed by atoms with E-state index in [-0.39, 0.29) is 11.9 Å². The molecule has 3 atom stereocenters. The first kappa shape index (κ1) is 11.1. The van der Waals surface area contributed by atoms with Crippen LogP contribution in [0.25, 0.3) is 0 Å². The molecule has 2 aliphatic carbocycles. The molecule has 2 fully saturated rings. The zero-order valence-corrected chi connectivity index (χ0v) is 10.2. The van der Waals surface area contributed by atoms with E-state index in [4.69, 9.17) is 0 Å². The van der Waals surface area contributed by atoms with E-state index >= 15 is 0 Å². The van der Waals surface area contributed by atoms with Crippen molar-refractivity contribution in [3.8, 4) is 0 Å². The van der Waals surface area contributed by atoms with E-state index in [1.165, 1.54) is 31.9 Å². The van der Waals surface area contributed by atoms with E-state index in [0.29, 0.717) is 5.92 Å². The minimum Gasteiger partial charge on any atom is -0.313 e. The van der Waals surface area contributed by atoms with Gasteiger partial charge >= 0.3 is 0 Å². The van der Waals surface area contributed by atoms with Gasteiger partial charge in [0.05, 0.1) is 6.20 Å². The van der Waals surface area contributed by atoms with Crippen molar-refractivity contribution in [3.63, 3.8) is 0 Å². The lowest BCUT2D eigenvalue weighted by molar-refractivity contribution is 0.477. The SMILES string of the molecule is CNC(c1cncc(F)c1)C1C2CCCCC21. The molecule has 0 radical (unpaired) electrons. The van der Waals surface area contributed by atoms with Crippen molar-refractivity contribution in [2.75, 3.05) is 7.05 Å². The van der Waals surface area contributed by atoms with Crippen molar-refractivity contribution in [2.24, 2.45) is 17.8 Å². The fraction of sp³-hybridized carbons (Fsp3) is 0.643. The van der Waals surface area contributed by atoms with Crippen LogP contribution in [0.5, 0.6) is 0 Å². The maximum Gasteiger partial charge on any atom is 0.141 e. The van der Waals surface area contributed by atoms with Crippen LogP contribution in [0.2, 0.25) is 0 Å². The van der Waals surface area contributed by atoms with E-state index in [2.05, 4.69) is 10.3 Å². The summed E-state index contributed by atoms with van der Waals surface area (Å²) < 4.78 is 13.2. The zero-order valence-electron chi connectivity index (χ0n) is 10.2. The first-order valence-electron chi connectivity index (χ1n) is 6.59. The third-order valence-electron chi connectivity index (χ3n) is 4.50. The van der Waals surface area contributed by atoms with Gasteiger partial charge in [-0.2, -0.15) is 0 Å². The van der Waals surface area contributed by atoms with Crippen molar-refractivity contribution in [3.05, 3.63) is 29.8 Å². The molecule has 0 aliphatic heterocycles. The van der Waals surface area contributed by atoms with Crippen molar-refractivity contribution in [1.29, 1.82) is 0 Å². The molecule has 3 unspecified atom stereocenters. The summed E-state index contributed by atoms with van der Waals surface area (Å²) in [6, 6.07) is 1.91. The van der Waals surface area contributed by atoms with Crippen LogP contribution >= 0.6 is 0 Å². The molecule has 2 saturated carbocycles. The van der Waals surface area contributed by atoms with Crippen LogP contribution in [0.3, 0.4) is 0 Å². The number of halogens is 1. The highest BCUT2D eigenvalue weighted by molar-refractivity contribution is 5.20. The molecular formula is C14H19FN2. The van der Waals surface area contributed by atoms with E-state index in [9.17, 15) is 4.39 Å². The first-order valence-corrected chi connectivity index (χ1v) is 6.59. The molecule has 1 heterocycles. The van der Waals surface area contributed by atoms with Gasteiger partial charge in [-0.3, -0.25) is 4.98 Å². The Bertz CT molecular complexity index is 395. The van der Waals surface area contributed by atoms with E-state index in [1.807, 2.05) is 7.05 Å². The Morgan fingerprint density at radius 3 is 2.59 bits per heavy atom. The Morgan fingerprint density at radius 1 is 1.29 bits per heavy atom. The predicted molar refractivity (Wildman–Crippen MR) is 64.9 cm³/mol. The average Bonchev–Trinajstić information content (AvgIpc) is 3.05. The summed E-state index contributed by atoms with van der Waals surface area (Å²) >= 11 is 0. The van der Waals surface area contributed by atoms with Gasteiger partial charge in [0.15, 0.2) is 0 Å². The lowest BCUT2D eigenvalue weighted by Crippen LogP contribution is -2.20. The number of pyridine rings is 1. The maximum absolute atomic E-state index is 13.2. The van der Waals surface area contributed by atoms with Gasteiger partial charge in [-0.15, -0.1) is 0 Å². The normalized spacial score (nSPS) is 32.9. The average molecular weight is 234 g/mol. The summed E-state index contributed by atoms with van der Waals surface area (Å²) in [5.41, 5.74) is 1.01. The minimum atomic E-state index is -0.230. The van der Waals surface area contributed by atoms with Gasteiger partial charge in [0, 0.05) is 12.2 Å². The smallest absolute Gasteiger partial charge is 0.141 e. The van der Waals surface area contributed by atoms with Crippen molar-refractivity contribution >= 4 is 0 Å². The Kier molecular flexibility index (Phi) is 2.87. The molecule has 2 aliphatic rings. The van der Waals surface area contributed by atoms with Crippen molar-refractivity contribution in [2.45, 2.75) is 31.7 Å². The summed E-state index contributed by atoms with van der Waals surface area (Å²) in [5.74, 6) is 2.20. The molecule has 0 bridgehead atoms. The van der Waals surface area contributed by atoms with E-state index in [0.717, 1.165) is 17.4 Å². The summed E-state index contributed by atoms with van der Waals surface area (Å²) in [6.07, 6.45) is 8.53. The molecule has 3 rings (SSSR count). The molecule has 0 spiro atoms. The largest absolute Gasteiger partial charge is 0.313 e. The summed E-state index contributed by atoms with van der Waals surface area (Å²) in [6.45, 7) is 0. The molecule has 1 N–H and O–H groups in total. The second-order valence-electron chi connectivity index (χ2n) is 5.39. The highest BCUT2D eigenvalue weighted by atomic mass is 19.1. The number of fused-ring (bicyclic) bond motifs is 1. The molecule has 92 valence electrons. The van der Waals surface area contributed by atoms with Crippen LogP contribution < -0.4 is 5.32 Å². The Balaban J connectivity index is 1.80. The van der Waals surface area contributed by atoms with Crippen LogP contribution in [0.1, 0.15) is 37.3 Å². The third-order valence-corrected chi connectivity index (χ3v) is 4.50. The second-order valence-corrected chi connectivity index (χ2v) is 5.39. The number of hydrogen-bond acceptors (Lipinski definition) is 2. The molecule has 1 aromatic heterocycles. The summed E-state index contributed by atoms with van der Waals surface area (Å²) in [4.78, 5) is 3.97. The van der Waals surface area contributed by atoms with Crippen LogP contribution in [-0.4, -0.2) is 12.0 Å². The number of rotatable bonds is 3. The standard InChI is InChI=1S/C14H19FN2/c1-16-14(9-6-10(15)8-17-7-9)13-11-4-2-3-5-12(11)13/h6-8,11-14,16H,2-5H2,1H3. The third kappa shape index (κ3) is 1.97. The number of nitrogens with zero attached hydrogens (tertiary/aromatic N) is 1. The molecule has 17 heavy (non-hydrogen) atoms. The fourth-order valence-corrected chi connectivity index (χ4v) is 3.72. The lowest BCUT2D eigenvalue weighted by atomic mass is 10.0. The topological polar surface area (TPSA) is 24.9 Å². The van der Waals surface area contributed by atoms with Gasteiger partial charge in [-0.1, -0.05) is 12.8 Å². The zero-order chi connectivity index (χ0) is 11.8.